The number of hydrogen-bond donors (Lipinski definition) is 1. The molecule has 152 valence electrons. The normalized spacial score (nSPS) is 11.9. The van der Waals surface area contributed by atoms with Crippen molar-refractivity contribution in [3.63, 3.8) is 0 Å². The van der Waals surface area contributed by atoms with Gasteiger partial charge in [0.1, 0.15) is 17.2 Å². The molecule has 1 aromatic heterocycles. The molecule has 1 aliphatic rings. The summed E-state index contributed by atoms with van der Waals surface area (Å²) < 4.78 is 16.6. The average Bonchev–Trinajstić information content (AvgIpc) is 3.28. The van der Waals surface area contributed by atoms with Crippen LogP contribution in [0.5, 0.6) is 23.0 Å². The average molecular weight is 411 g/mol. The molecule has 0 saturated carbocycles. The first-order valence-corrected chi connectivity index (χ1v) is 9.64. The zero-order valence-electron chi connectivity index (χ0n) is 16.3. The summed E-state index contributed by atoms with van der Waals surface area (Å²) in [6.45, 7) is 0.171. The maximum Gasteiger partial charge on any atom is 0.354 e. The lowest BCUT2D eigenvalue weighted by atomic mass is 10.0. The van der Waals surface area contributed by atoms with Crippen LogP contribution in [0.2, 0.25) is 0 Å². The number of para-hydroxylation sites is 1. The van der Waals surface area contributed by atoms with Crippen LogP contribution >= 0.6 is 0 Å². The number of carbonyl (C=O) groups is 1. The number of aromatic nitrogens is 1. The van der Waals surface area contributed by atoms with Gasteiger partial charge in [-0.15, -0.1) is 0 Å². The van der Waals surface area contributed by atoms with Gasteiger partial charge in [0.2, 0.25) is 6.79 Å². The van der Waals surface area contributed by atoms with Crippen LogP contribution in [0.4, 0.5) is 0 Å². The van der Waals surface area contributed by atoms with E-state index < -0.39 is 5.97 Å². The standard InChI is InChI=1S/C25H17NO5/c27-25(28)22-13-18(12-21(26-22)17-8-11-23-24(14-17)30-15-29-23)16-6-9-20(10-7-16)31-19-4-2-1-3-5-19/h1-14H,15H2,(H,27,28). The maximum absolute atomic E-state index is 11.7. The van der Waals surface area contributed by atoms with Gasteiger partial charge < -0.3 is 19.3 Å². The molecule has 1 aliphatic heterocycles. The van der Waals surface area contributed by atoms with Gasteiger partial charge >= 0.3 is 5.97 Å². The zero-order valence-corrected chi connectivity index (χ0v) is 16.3. The number of carboxylic acids is 1. The smallest absolute Gasteiger partial charge is 0.354 e. The van der Waals surface area contributed by atoms with E-state index in [2.05, 4.69) is 4.98 Å². The largest absolute Gasteiger partial charge is 0.477 e. The Bertz CT molecular complexity index is 1250. The van der Waals surface area contributed by atoms with Crippen molar-refractivity contribution in [3.05, 3.63) is 90.6 Å². The summed E-state index contributed by atoms with van der Waals surface area (Å²) in [5, 5.41) is 9.56. The van der Waals surface area contributed by atoms with E-state index in [0.717, 1.165) is 22.4 Å². The molecule has 0 atom stereocenters. The highest BCUT2D eigenvalue weighted by atomic mass is 16.7. The molecule has 0 bridgehead atoms. The molecule has 0 fully saturated rings. The monoisotopic (exact) mass is 411 g/mol. The second-order valence-corrected chi connectivity index (χ2v) is 6.94. The highest BCUT2D eigenvalue weighted by Crippen LogP contribution is 2.36. The summed E-state index contributed by atoms with van der Waals surface area (Å²) in [7, 11) is 0. The van der Waals surface area contributed by atoms with Crippen LogP contribution < -0.4 is 14.2 Å². The van der Waals surface area contributed by atoms with Crippen LogP contribution in [-0.2, 0) is 0 Å². The van der Waals surface area contributed by atoms with Gasteiger partial charge in [-0.25, -0.2) is 9.78 Å². The number of nitrogens with zero attached hydrogens (tertiary/aromatic N) is 1. The number of carboxylic acid groups (broad SMARTS) is 1. The van der Waals surface area contributed by atoms with Crippen molar-refractivity contribution in [2.45, 2.75) is 0 Å². The van der Waals surface area contributed by atoms with Gasteiger partial charge in [-0.05, 0) is 65.7 Å². The Morgan fingerprint density at radius 2 is 1.48 bits per heavy atom. The van der Waals surface area contributed by atoms with E-state index in [1.807, 2.05) is 66.7 Å². The van der Waals surface area contributed by atoms with Crippen LogP contribution in [0, 0.1) is 0 Å². The van der Waals surface area contributed by atoms with Crippen molar-refractivity contribution < 1.29 is 24.1 Å². The number of hydrogen-bond acceptors (Lipinski definition) is 5. The fourth-order valence-corrected chi connectivity index (χ4v) is 3.35. The van der Waals surface area contributed by atoms with E-state index in [1.165, 1.54) is 0 Å². The summed E-state index contributed by atoms with van der Waals surface area (Å²) in [6, 6.07) is 25.8. The van der Waals surface area contributed by atoms with E-state index in [9.17, 15) is 9.90 Å². The Balaban J connectivity index is 1.49. The number of pyridine rings is 1. The molecule has 5 rings (SSSR count). The Labute approximate surface area is 178 Å². The van der Waals surface area contributed by atoms with Crippen LogP contribution in [0.15, 0.2) is 84.9 Å². The van der Waals surface area contributed by atoms with Crippen LogP contribution in [-0.4, -0.2) is 22.9 Å². The summed E-state index contributed by atoms with van der Waals surface area (Å²) in [4.78, 5) is 16.0. The van der Waals surface area contributed by atoms with Gasteiger partial charge in [-0.2, -0.15) is 0 Å². The maximum atomic E-state index is 11.7. The molecule has 0 aliphatic carbocycles. The fourth-order valence-electron chi connectivity index (χ4n) is 3.35. The third-order valence-electron chi connectivity index (χ3n) is 4.88. The molecule has 2 heterocycles. The number of ether oxygens (including phenoxy) is 3. The number of benzene rings is 3. The Kier molecular flexibility index (Phi) is 4.72. The first-order chi connectivity index (χ1) is 15.2. The van der Waals surface area contributed by atoms with Crippen molar-refractivity contribution in [3.8, 4) is 45.4 Å². The first-order valence-electron chi connectivity index (χ1n) is 9.64. The van der Waals surface area contributed by atoms with Crippen LogP contribution in [0.3, 0.4) is 0 Å². The van der Waals surface area contributed by atoms with Crippen molar-refractivity contribution in [1.82, 2.24) is 4.98 Å². The summed E-state index contributed by atoms with van der Waals surface area (Å²) in [6.07, 6.45) is 0. The molecule has 3 aromatic carbocycles. The fraction of sp³-hybridized carbons (Fsp3) is 0.0400. The van der Waals surface area contributed by atoms with E-state index in [1.54, 1.807) is 18.2 Å². The minimum Gasteiger partial charge on any atom is -0.477 e. The highest BCUT2D eigenvalue weighted by molar-refractivity contribution is 5.89. The molecule has 1 N–H and O–H groups in total. The second kappa shape index (κ2) is 7.84. The van der Waals surface area contributed by atoms with E-state index in [0.29, 0.717) is 22.9 Å². The topological polar surface area (TPSA) is 77.9 Å². The predicted octanol–water partition coefficient (Wildman–Crippen LogP) is 5.63. The van der Waals surface area contributed by atoms with Crippen molar-refractivity contribution >= 4 is 5.97 Å². The zero-order chi connectivity index (χ0) is 21.2. The van der Waals surface area contributed by atoms with E-state index in [4.69, 9.17) is 14.2 Å². The van der Waals surface area contributed by atoms with Gasteiger partial charge in [-0.3, -0.25) is 0 Å². The minimum absolute atomic E-state index is 0.0326. The first kappa shape index (κ1) is 18.7. The van der Waals surface area contributed by atoms with Gasteiger partial charge in [0.25, 0.3) is 0 Å². The molecular weight excluding hydrogens is 394 g/mol. The van der Waals surface area contributed by atoms with Crippen LogP contribution in [0.1, 0.15) is 10.5 Å². The molecule has 0 saturated heterocycles. The number of aromatic carboxylic acids is 1. The molecule has 0 amide bonds. The number of rotatable bonds is 5. The summed E-state index contributed by atoms with van der Waals surface area (Å²) in [5.41, 5.74) is 2.85. The van der Waals surface area contributed by atoms with Gasteiger partial charge in [0.15, 0.2) is 11.5 Å². The minimum atomic E-state index is -1.09. The quantitative estimate of drug-likeness (QED) is 0.458. The third kappa shape index (κ3) is 3.91. The molecule has 4 aromatic rings. The number of fused-ring (bicyclic) bond motifs is 1. The van der Waals surface area contributed by atoms with Gasteiger partial charge in [0.05, 0.1) is 5.69 Å². The molecule has 0 spiro atoms. The van der Waals surface area contributed by atoms with E-state index in [-0.39, 0.29) is 12.5 Å². The third-order valence-corrected chi connectivity index (χ3v) is 4.88. The Morgan fingerprint density at radius 1 is 0.774 bits per heavy atom. The van der Waals surface area contributed by atoms with Crippen LogP contribution in [0.25, 0.3) is 22.4 Å². The molecule has 0 unspecified atom stereocenters. The van der Waals surface area contributed by atoms with Crippen molar-refractivity contribution in [1.29, 1.82) is 0 Å². The summed E-state index contributed by atoms with van der Waals surface area (Å²) >= 11 is 0. The van der Waals surface area contributed by atoms with Gasteiger partial charge in [0, 0.05) is 5.56 Å². The Morgan fingerprint density at radius 3 is 2.26 bits per heavy atom. The second-order valence-electron chi connectivity index (χ2n) is 6.94. The molecule has 0 radical (unpaired) electrons. The van der Waals surface area contributed by atoms with Gasteiger partial charge in [-0.1, -0.05) is 30.3 Å². The molecule has 6 nitrogen and oxygen atoms in total. The lowest BCUT2D eigenvalue weighted by Crippen LogP contribution is -2.02. The summed E-state index contributed by atoms with van der Waals surface area (Å²) in [5.74, 6) is 1.63. The highest BCUT2D eigenvalue weighted by Gasteiger charge is 2.17. The van der Waals surface area contributed by atoms with Crippen molar-refractivity contribution in [2.24, 2.45) is 0 Å². The molecule has 31 heavy (non-hydrogen) atoms. The predicted molar refractivity (Wildman–Crippen MR) is 115 cm³/mol. The lowest BCUT2D eigenvalue weighted by Gasteiger charge is -2.10. The SMILES string of the molecule is O=C(O)c1cc(-c2ccc(Oc3ccccc3)cc2)cc(-c2ccc3c(c2)OCO3)n1. The molecule has 6 heteroatoms. The lowest BCUT2D eigenvalue weighted by molar-refractivity contribution is 0.0690. The van der Waals surface area contributed by atoms with E-state index >= 15 is 0 Å². The molecular formula is C25H17NO5. The van der Waals surface area contributed by atoms with Crippen molar-refractivity contribution in [2.75, 3.05) is 6.79 Å². The Hall–Kier alpha value is -4.32.